The van der Waals surface area contributed by atoms with E-state index in [4.69, 9.17) is 15.2 Å². The van der Waals surface area contributed by atoms with E-state index in [-0.39, 0.29) is 24.6 Å². The Balaban J connectivity index is 2.50. The van der Waals surface area contributed by atoms with Crippen LogP contribution in [-0.2, 0) is 16.0 Å². The fourth-order valence-electron chi connectivity index (χ4n) is 1.91. The predicted octanol–water partition coefficient (Wildman–Crippen LogP) is 1.87. The topological polar surface area (TPSA) is 73.6 Å². The second-order valence-electron chi connectivity index (χ2n) is 5.16. The minimum absolute atomic E-state index is 0.0285. The average molecular weight is 359 g/mol. The lowest BCUT2D eigenvalue weighted by molar-refractivity contribution is -0.124. The van der Waals surface area contributed by atoms with Crippen molar-refractivity contribution in [3.05, 3.63) is 28.2 Å². The number of benzene rings is 1. The van der Waals surface area contributed by atoms with E-state index in [1.54, 1.807) is 7.11 Å². The molecule has 0 bridgehead atoms. The highest BCUT2D eigenvalue weighted by atomic mass is 79.9. The maximum absolute atomic E-state index is 11.7. The first-order valence-corrected chi connectivity index (χ1v) is 7.66. The Bertz CT molecular complexity index is 466. The summed E-state index contributed by atoms with van der Waals surface area (Å²) in [6.45, 7) is 4.28. The van der Waals surface area contributed by atoms with E-state index in [0.717, 1.165) is 16.5 Å². The Morgan fingerprint density at radius 2 is 2.14 bits per heavy atom. The van der Waals surface area contributed by atoms with E-state index in [0.29, 0.717) is 12.4 Å². The highest BCUT2D eigenvalue weighted by Gasteiger charge is 2.10. The summed E-state index contributed by atoms with van der Waals surface area (Å²) in [5, 5.41) is 2.79. The van der Waals surface area contributed by atoms with Crippen LogP contribution in [0, 0.1) is 0 Å². The molecule has 0 saturated heterocycles. The maximum atomic E-state index is 11.7. The van der Waals surface area contributed by atoms with Crippen molar-refractivity contribution in [1.29, 1.82) is 0 Å². The molecule has 1 aromatic rings. The fraction of sp³-hybridized carbons (Fsp3) is 0.533. The lowest BCUT2D eigenvalue weighted by Crippen LogP contribution is -2.38. The molecule has 21 heavy (non-hydrogen) atoms. The summed E-state index contributed by atoms with van der Waals surface area (Å²) in [6.07, 6.45) is 0.800. The molecule has 0 spiro atoms. The molecule has 0 aliphatic carbocycles. The number of ether oxygens (including phenoxy) is 2. The van der Waals surface area contributed by atoms with Crippen LogP contribution in [0.25, 0.3) is 0 Å². The first-order chi connectivity index (χ1) is 9.92. The van der Waals surface area contributed by atoms with Crippen molar-refractivity contribution < 1.29 is 14.3 Å². The molecule has 1 amide bonds. The summed E-state index contributed by atoms with van der Waals surface area (Å²) < 4.78 is 11.3. The summed E-state index contributed by atoms with van der Waals surface area (Å²) in [6, 6.07) is 5.83. The Morgan fingerprint density at radius 1 is 1.43 bits per heavy atom. The monoisotopic (exact) mass is 358 g/mol. The number of amides is 1. The Morgan fingerprint density at radius 3 is 2.71 bits per heavy atom. The summed E-state index contributed by atoms with van der Waals surface area (Å²) in [7, 11) is 1.60. The zero-order chi connectivity index (χ0) is 15.8. The number of hydrogen-bond acceptors (Lipinski definition) is 4. The number of methoxy groups -OCH3 is 1. The van der Waals surface area contributed by atoms with Gasteiger partial charge in [-0.05, 0) is 53.9 Å². The van der Waals surface area contributed by atoms with Crippen molar-refractivity contribution >= 4 is 21.8 Å². The van der Waals surface area contributed by atoms with Crippen LogP contribution in [0.5, 0.6) is 5.75 Å². The molecule has 0 aliphatic heterocycles. The summed E-state index contributed by atoms with van der Waals surface area (Å²) in [5.41, 5.74) is 6.90. The van der Waals surface area contributed by atoms with Gasteiger partial charge < -0.3 is 20.5 Å². The average Bonchev–Trinajstić information content (AvgIpc) is 2.37. The van der Waals surface area contributed by atoms with E-state index < -0.39 is 0 Å². The molecule has 118 valence electrons. The first kappa shape index (κ1) is 17.9. The molecule has 5 nitrogen and oxygen atoms in total. The van der Waals surface area contributed by atoms with Gasteiger partial charge in [-0.25, -0.2) is 0 Å². The van der Waals surface area contributed by atoms with Crippen LogP contribution in [-0.4, -0.2) is 38.3 Å². The van der Waals surface area contributed by atoms with Crippen LogP contribution >= 0.6 is 15.9 Å². The van der Waals surface area contributed by atoms with Gasteiger partial charge in [-0.1, -0.05) is 6.07 Å². The third kappa shape index (κ3) is 6.93. The molecular weight excluding hydrogens is 336 g/mol. The molecule has 0 aliphatic rings. The lowest BCUT2D eigenvalue weighted by Gasteiger charge is -2.14. The zero-order valence-electron chi connectivity index (χ0n) is 12.7. The van der Waals surface area contributed by atoms with E-state index >= 15 is 0 Å². The van der Waals surface area contributed by atoms with Crippen LogP contribution in [0.15, 0.2) is 22.7 Å². The Labute approximate surface area is 134 Å². The molecule has 6 heteroatoms. The quantitative estimate of drug-likeness (QED) is 0.743. The van der Waals surface area contributed by atoms with Gasteiger partial charge in [0.2, 0.25) is 0 Å². The van der Waals surface area contributed by atoms with Crippen LogP contribution < -0.4 is 15.8 Å². The van der Waals surface area contributed by atoms with Crippen molar-refractivity contribution in [1.82, 2.24) is 5.32 Å². The predicted molar refractivity (Wildman–Crippen MR) is 86.5 cm³/mol. The number of halogens is 1. The largest absolute Gasteiger partial charge is 0.483 e. The zero-order valence-corrected chi connectivity index (χ0v) is 14.3. The van der Waals surface area contributed by atoms with Crippen molar-refractivity contribution in [2.45, 2.75) is 32.4 Å². The first-order valence-electron chi connectivity index (χ1n) is 6.87. The van der Waals surface area contributed by atoms with E-state index in [2.05, 4.69) is 21.2 Å². The Hall–Kier alpha value is -1.11. The number of nitrogens with one attached hydrogen (secondary N) is 1. The molecular formula is C15H23BrN2O3. The second-order valence-corrected chi connectivity index (χ2v) is 6.01. The SMILES string of the molecule is COCC(C)NC(=O)COc1ccc(CC(C)N)cc1Br. The number of rotatable bonds is 8. The van der Waals surface area contributed by atoms with Gasteiger partial charge in [-0.2, -0.15) is 0 Å². The maximum Gasteiger partial charge on any atom is 0.258 e. The van der Waals surface area contributed by atoms with Crippen molar-refractivity contribution in [2.24, 2.45) is 5.73 Å². The molecule has 0 heterocycles. The molecule has 0 aromatic heterocycles. The minimum Gasteiger partial charge on any atom is -0.483 e. The van der Waals surface area contributed by atoms with Gasteiger partial charge in [0.1, 0.15) is 5.75 Å². The van der Waals surface area contributed by atoms with Crippen LogP contribution in [0.3, 0.4) is 0 Å². The smallest absolute Gasteiger partial charge is 0.258 e. The van der Waals surface area contributed by atoms with Gasteiger partial charge >= 0.3 is 0 Å². The number of carbonyl (C=O) groups excluding carboxylic acids is 1. The van der Waals surface area contributed by atoms with E-state index in [9.17, 15) is 4.79 Å². The summed E-state index contributed by atoms with van der Waals surface area (Å²) >= 11 is 3.45. The summed E-state index contributed by atoms with van der Waals surface area (Å²) in [4.78, 5) is 11.7. The van der Waals surface area contributed by atoms with Gasteiger partial charge in [-0.3, -0.25) is 4.79 Å². The molecule has 3 N–H and O–H groups in total. The number of hydrogen-bond donors (Lipinski definition) is 2. The molecule has 2 atom stereocenters. The Kier molecular flexibility index (Phi) is 7.71. The van der Waals surface area contributed by atoms with Crippen LogP contribution in [0.4, 0.5) is 0 Å². The van der Waals surface area contributed by atoms with E-state index in [1.165, 1.54) is 0 Å². The fourth-order valence-corrected chi connectivity index (χ4v) is 2.45. The van der Waals surface area contributed by atoms with Gasteiger partial charge in [0.15, 0.2) is 6.61 Å². The third-order valence-electron chi connectivity index (χ3n) is 2.74. The molecule has 2 unspecified atom stereocenters. The van der Waals surface area contributed by atoms with Crippen LogP contribution in [0.1, 0.15) is 19.4 Å². The van der Waals surface area contributed by atoms with Crippen molar-refractivity contribution in [3.8, 4) is 5.75 Å². The van der Waals surface area contributed by atoms with Gasteiger partial charge in [-0.15, -0.1) is 0 Å². The van der Waals surface area contributed by atoms with Gasteiger partial charge in [0.25, 0.3) is 5.91 Å². The van der Waals surface area contributed by atoms with Gasteiger partial charge in [0.05, 0.1) is 11.1 Å². The number of carbonyl (C=O) groups is 1. The van der Waals surface area contributed by atoms with Crippen molar-refractivity contribution in [2.75, 3.05) is 20.3 Å². The molecule has 0 fully saturated rings. The number of nitrogens with two attached hydrogens (primary N) is 1. The van der Waals surface area contributed by atoms with Crippen molar-refractivity contribution in [3.63, 3.8) is 0 Å². The normalized spacial score (nSPS) is 13.6. The van der Waals surface area contributed by atoms with Crippen LogP contribution in [0.2, 0.25) is 0 Å². The molecule has 0 radical (unpaired) electrons. The second kappa shape index (κ2) is 9.02. The molecule has 1 rings (SSSR count). The highest BCUT2D eigenvalue weighted by molar-refractivity contribution is 9.10. The molecule has 1 aromatic carbocycles. The third-order valence-corrected chi connectivity index (χ3v) is 3.36. The minimum atomic E-state index is -0.175. The van der Waals surface area contributed by atoms with E-state index in [1.807, 2.05) is 32.0 Å². The highest BCUT2D eigenvalue weighted by Crippen LogP contribution is 2.26. The summed E-state index contributed by atoms with van der Waals surface area (Å²) in [5.74, 6) is 0.462. The standard InChI is InChI=1S/C15H23BrN2O3/c1-10(17)6-12-4-5-14(13(16)7-12)21-9-15(19)18-11(2)8-20-3/h4-5,7,10-11H,6,8-9,17H2,1-3H3,(H,18,19). The van der Waals surface area contributed by atoms with Gasteiger partial charge in [0, 0.05) is 19.2 Å². The lowest BCUT2D eigenvalue weighted by atomic mass is 10.1. The molecule has 0 saturated carbocycles.